The Balaban J connectivity index is 1.65. The summed E-state index contributed by atoms with van der Waals surface area (Å²) < 4.78 is 5.53. The molecule has 154 valence electrons. The Labute approximate surface area is 175 Å². The second-order valence-corrected chi connectivity index (χ2v) is 7.56. The molecule has 1 unspecified atom stereocenters. The van der Waals surface area contributed by atoms with E-state index in [9.17, 15) is 9.59 Å². The highest BCUT2D eigenvalue weighted by Crippen LogP contribution is 2.25. The van der Waals surface area contributed by atoms with E-state index in [-0.39, 0.29) is 5.78 Å². The number of carboxylic acids is 1. The van der Waals surface area contributed by atoms with Crippen molar-refractivity contribution in [2.45, 2.75) is 31.9 Å². The maximum Gasteiger partial charge on any atom is 0.347 e. The molecule has 0 saturated carbocycles. The zero-order valence-electron chi connectivity index (χ0n) is 16.9. The molecule has 3 N–H and O–H groups in total. The van der Waals surface area contributed by atoms with Crippen LogP contribution in [-0.2, 0) is 11.2 Å². The van der Waals surface area contributed by atoms with Crippen LogP contribution in [0.2, 0.25) is 0 Å². The van der Waals surface area contributed by atoms with Gasteiger partial charge in [0.25, 0.3) is 0 Å². The van der Waals surface area contributed by atoms with Crippen LogP contribution >= 0.6 is 0 Å². The molecule has 0 spiro atoms. The number of carbonyl (C=O) groups excluding carboxylic acids is 1. The van der Waals surface area contributed by atoms with Crippen molar-refractivity contribution < 1.29 is 19.4 Å². The summed E-state index contributed by atoms with van der Waals surface area (Å²) in [5.74, 6) is -0.669. The van der Waals surface area contributed by atoms with Crippen molar-refractivity contribution in [1.82, 2.24) is 4.98 Å². The zero-order valence-corrected chi connectivity index (χ0v) is 16.9. The van der Waals surface area contributed by atoms with Crippen LogP contribution in [0.15, 0.2) is 73.1 Å². The predicted octanol–water partition coefficient (Wildman–Crippen LogP) is 3.74. The maximum atomic E-state index is 12.4. The maximum absolute atomic E-state index is 12.4. The third kappa shape index (κ3) is 5.10. The molecule has 0 saturated heterocycles. The summed E-state index contributed by atoms with van der Waals surface area (Å²) in [7, 11) is 0. The minimum Gasteiger partial charge on any atom is -0.478 e. The van der Waals surface area contributed by atoms with E-state index in [1.807, 2.05) is 36.4 Å². The molecule has 1 aromatic heterocycles. The van der Waals surface area contributed by atoms with Crippen LogP contribution in [0.4, 0.5) is 0 Å². The van der Waals surface area contributed by atoms with Gasteiger partial charge in [-0.2, -0.15) is 0 Å². The summed E-state index contributed by atoms with van der Waals surface area (Å²) in [5.41, 5.74) is 8.23. The minimum absolute atomic E-state index is 0.132. The summed E-state index contributed by atoms with van der Waals surface area (Å²) in [4.78, 5) is 27.5. The monoisotopic (exact) mass is 404 g/mol. The van der Waals surface area contributed by atoms with E-state index in [2.05, 4.69) is 4.98 Å². The number of hydrogen-bond acceptors (Lipinski definition) is 5. The van der Waals surface area contributed by atoms with Crippen LogP contribution in [0, 0.1) is 0 Å². The van der Waals surface area contributed by atoms with Gasteiger partial charge in [-0.05, 0) is 61.2 Å². The third-order valence-corrected chi connectivity index (χ3v) is 4.77. The molecule has 0 aliphatic rings. The van der Waals surface area contributed by atoms with Gasteiger partial charge >= 0.3 is 5.97 Å². The Morgan fingerprint density at radius 1 is 1.03 bits per heavy atom. The number of carbonyl (C=O) groups is 2. The first-order chi connectivity index (χ1) is 14.3. The molecular weight excluding hydrogens is 380 g/mol. The first kappa shape index (κ1) is 21.2. The number of ether oxygens (including phenoxy) is 1. The number of hydrogen-bond donors (Lipinski definition) is 2. The van der Waals surface area contributed by atoms with E-state index >= 15 is 0 Å². The number of ketones is 1. The van der Waals surface area contributed by atoms with Crippen LogP contribution in [0.1, 0.15) is 29.8 Å². The average Bonchev–Trinajstić information content (AvgIpc) is 2.74. The van der Waals surface area contributed by atoms with Crippen molar-refractivity contribution in [3.63, 3.8) is 0 Å². The Bertz CT molecular complexity index is 1010. The van der Waals surface area contributed by atoms with E-state index < -0.39 is 17.6 Å². The van der Waals surface area contributed by atoms with Crippen LogP contribution in [0.5, 0.6) is 5.75 Å². The highest BCUT2D eigenvalue weighted by atomic mass is 16.5. The number of aromatic nitrogens is 1. The molecule has 0 fully saturated rings. The number of nitrogens with zero attached hydrogens (tertiary/aromatic N) is 1. The number of rotatable bonds is 8. The number of nitrogens with two attached hydrogens (primary N) is 1. The summed E-state index contributed by atoms with van der Waals surface area (Å²) in [6, 6.07) is 17.9. The van der Waals surface area contributed by atoms with E-state index in [1.165, 1.54) is 20.0 Å². The Kier molecular flexibility index (Phi) is 6.28. The lowest BCUT2D eigenvalue weighted by Crippen LogP contribution is -2.37. The normalized spacial score (nSPS) is 12.2. The number of pyridine rings is 1. The molecule has 2 aromatic carbocycles. The molecular formula is C24H24N2O4. The predicted molar refractivity (Wildman–Crippen MR) is 114 cm³/mol. The molecule has 0 radical (unpaired) electrons. The SMILES string of the molecule is CC(C)(Oc1ccc(-c2ccc(CC(N)C(=O)c3cccnc3)cc2)cc1)C(=O)O. The van der Waals surface area contributed by atoms with Crippen LogP contribution < -0.4 is 10.5 Å². The molecule has 0 aliphatic carbocycles. The summed E-state index contributed by atoms with van der Waals surface area (Å²) in [6.07, 6.45) is 3.58. The van der Waals surface area contributed by atoms with Crippen LogP contribution in [0.25, 0.3) is 11.1 Å². The molecule has 0 amide bonds. The molecule has 6 heteroatoms. The van der Waals surface area contributed by atoms with Gasteiger partial charge in [0.2, 0.25) is 0 Å². The molecule has 3 aromatic rings. The summed E-state index contributed by atoms with van der Waals surface area (Å²) in [5, 5.41) is 9.16. The van der Waals surface area contributed by atoms with Crippen molar-refractivity contribution in [3.05, 3.63) is 84.2 Å². The number of aliphatic carboxylic acids is 1. The molecule has 0 aliphatic heterocycles. The van der Waals surface area contributed by atoms with Gasteiger partial charge in [0.15, 0.2) is 11.4 Å². The summed E-state index contributed by atoms with van der Waals surface area (Å²) in [6.45, 7) is 3.01. The van der Waals surface area contributed by atoms with E-state index in [0.29, 0.717) is 17.7 Å². The van der Waals surface area contributed by atoms with Gasteiger partial charge in [0.1, 0.15) is 5.75 Å². The molecule has 1 heterocycles. The van der Waals surface area contributed by atoms with Crippen molar-refractivity contribution in [3.8, 4) is 16.9 Å². The molecule has 1 atom stereocenters. The second-order valence-electron chi connectivity index (χ2n) is 7.56. The Morgan fingerprint density at radius 2 is 1.63 bits per heavy atom. The van der Waals surface area contributed by atoms with Gasteiger partial charge in [-0.3, -0.25) is 9.78 Å². The van der Waals surface area contributed by atoms with Gasteiger partial charge in [-0.15, -0.1) is 0 Å². The highest BCUT2D eigenvalue weighted by Gasteiger charge is 2.29. The van der Waals surface area contributed by atoms with Gasteiger partial charge < -0.3 is 15.6 Å². The lowest BCUT2D eigenvalue weighted by atomic mass is 9.97. The average molecular weight is 404 g/mol. The second kappa shape index (κ2) is 8.88. The van der Waals surface area contributed by atoms with Gasteiger partial charge in [-0.1, -0.05) is 36.4 Å². The van der Waals surface area contributed by atoms with Gasteiger partial charge in [-0.25, -0.2) is 4.79 Å². The standard InChI is InChI=1S/C24H24N2O4/c1-24(2,23(28)29)30-20-11-9-18(10-12-20)17-7-5-16(6-8-17)14-21(25)22(27)19-4-3-13-26-15-19/h3-13,15,21H,14,25H2,1-2H3,(H,28,29). The van der Waals surface area contributed by atoms with Crippen LogP contribution in [0.3, 0.4) is 0 Å². The number of Topliss-reactive ketones (excluding diaryl/α,β-unsaturated/α-hetero) is 1. The van der Waals surface area contributed by atoms with E-state index in [4.69, 9.17) is 15.6 Å². The van der Waals surface area contributed by atoms with E-state index in [1.54, 1.807) is 30.5 Å². The van der Waals surface area contributed by atoms with Gasteiger partial charge in [0.05, 0.1) is 6.04 Å². The molecule has 0 bridgehead atoms. The van der Waals surface area contributed by atoms with Crippen molar-refractivity contribution >= 4 is 11.8 Å². The summed E-state index contributed by atoms with van der Waals surface area (Å²) >= 11 is 0. The first-order valence-electron chi connectivity index (χ1n) is 9.58. The van der Waals surface area contributed by atoms with Gasteiger partial charge in [0, 0.05) is 18.0 Å². The molecule has 30 heavy (non-hydrogen) atoms. The Morgan fingerprint density at radius 3 is 2.17 bits per heavy atom. The lowest BCUT2D eigenvalue weighted by Gasteiger charge is -2.21. The number of benzene rings is 2. The van der Waals surface area contributed by atoms with Crippen LogP contribution in [-0.4, -0.2) is 33.5 Å². The van der Waals surface area contributed by atoms with Crippen molar-refractivity contribution in [1.29, 1.82) is 0 Å². The topological polar surface area (TPSA) is 103 Å². The smallest absolute Gasteiger partial charge is 0.347 e. The van der Waals surface area contributed by atoms with E-state index in [0.717, 1.165) is 16.7 Å². The highest BCUT2D eigenvalue weighted by molar-refractivity contribution is 5.99. The fourth-order valence-electron chi connectivity index (χ4n) is 2.96. The fraction of sp³-hybridized carbons (Fsp3) is 0.208. The molecule has 6 nitrogen and oxygen atoms in total. The zero-order chi connectivity index (χ0) is 21.7. The van der Waals surface area contributed by atoms with Crippen molar-refractivity contribution in [2.24, 2.45) is 5.73 Å². The number of carboxylic acid groups (broad SMARTS) is 1. The largest absolute Gasteiger partial charge is 0.478 e. The minimum atomic E-state index is -1.30. The fourth-order valence-corrected chi connectivity index (χ4v) is 2.96. The quantitative estimate of drug-likeness (QED) is 0.555. The Hall–Kier alpha value is -3.51. The third-order valence-electron chi connectivity index (χ3n) is 4.77. The molecule has 3 rings (SSSR count). The first-order valence-corrected chi connectivity index (χ1v) is 9.58. The van der Waals surface area contributed by atoms with Crippen molar-refractivity contribution in [2.75, 3.05) is 0 Å². The lowest BCUT2D eigenvalue weighted by molar-refractivity contribution is -0.152.